The van der Waals surface area contributed by atoms with E-state index in [2.05, 4.69) is 15.1 Å². The van der Waals surface area contributed by atoms with Crippen LogP contribution in [0.5, 0.6) is 0 Å². The third-order valence-electron chi connectivity index (χ3n) is 4.65. The number of aromatic amines is 1. The molecule has 7 nitrogen and oxygen atoms in total. The Kier molecular flexibility index (Phi) is 6.78. The van der Waals surface area contributed by atoms with Gasteiger partial charge in [-0.3, -0.25) is 9.48 Å². The summed E-state index contributed by atoms with van der Waals surface area (Å²) in [6.45, 7) is 2.04. The van der Waals surface area contributed by atoms with E-state index in [0.29, 0.717) is 11.3 Å². The van der Waals surface area contributed by atoms with Crippen LogP contribution in [0, 0.1) is 11.3 Å². The highest BCUT2D eigenvalue weighted by molar-refractivity contribution is 7.59. The number of aromatic nitrogens is 4. The maximum Gasteiger partial charge on any atom is 0.417 e. The second kappa shape index (κ2) is 8.64. The predicted octanol–water partition coefficient (Wildman–Crippen LogP) is 4.79. The van der Waals surface area contributed by atoms with E-state index >= 15 is 0 Å². The quantitative estimate of drug-likeness (QED) is 0.583. The second-order valence-electron chi connectivity index (χ2n) is 6.54. The van der Waals surface area contributed by atoms with Crippen molar-refractivity contribution in [1.29, 1.82) is 5.26 Å². The number of hydrogen-bond donors (Lipinski definition) is 1. The molecule has 1 atom stereocenters. The maximum absolute atomic E-state index is 13.2. The van der Waals surface area contributed by atoms with Crippen LogP contribution in [-0.4, -0.2) is 32.2 Å². The summed E-state index contributed by atoms with van der Waals surface area (Å²) in [5.41, 5.74) is 0.412. The molecule has 1 aliphatic rings. The molecule has 3 heterocycles. The average molecular weight is 471 g/mol. The van der Waals surface area contributed by atoms with Gasteiger partial charge in [-0.2, -0.15) is 37.0 Å². The van der Waals surface area contributed by atoms with Gasteiger partial charge in [-0.15, -0.1) is 0 Å². The van der Waals surface area contributed by atoms with Crippen molar-refractivity contribution < 1.29 is 18.0 Å². The van der Waals surface area contributed by atoms with Crippen molar-refractivity contribution in [1.82, 2.24) is 19.7 Å². The van der Waals surface area contributed by atoms with Crippen molar-refractivity contribution in [2.24, 2.45) is 0 Å². The number of amides is 1. The first kappa shape index (κ1) is 24.3. The van der Waals surface area contributed by atoms with E-state index in [1.54, 1.807) is 4.68 Å². The molecule has 12 heteroatoms. The zero-order chi connectivity index (χ0) is 20.9. The number of benzene rings is 1. The summed E-state index contributed by atoms with van der Waals surface area (Å²) >= 11 is 5.82. The number of halogens is 4. The Hall–Kier alpha value is -2.97. The van der Waals surface area contributed by atoms with Gasteiger partial charge in [-0.05, 0) is 25.1 Å². The molecule has 1 aliphatic heterocycles. The third-order valence-corrected chi connectivity index (χ3v) is 4.96. The smallest absolute Gasteiger partial charge is 0.329 e. The van der Waals surface area contributed by atoms with Crippen molar-refractivity contribution in [3.8, 4) is 17.3 Å². The van der Waals surface area contributed by atoms with E-state index in [1.165, 1.54) is 23.4 Å². The van der Waals surface area contributed by atoms with Crippen LogP contribution in [0.1, 0.15) is 42.3 Å². The Morgan fingerprint density at radius 1 is 1.32 bits per heavy atom. The number of nitriles is 1. The van der Waals surface area contributed by atoms with Crippen molar-refractivity contribution in [2.75, 3.05) is 11.4 Å². The first-order chi connectivity index (χ1) is 13.7. The van der Waals surface area contributed by atoms with Gasteiger partial charge in [0.2, 0.25) is 5.82 Å². The van der Waals surface area contributed by atoms with E-state index in [9.17, 15) is 18.0 Å². The fourth-order valence-electron chi connectivity index (χ4n) is 3.30. The summed E-state index contributed by atoms with van der Waals surface area (Å²) in [6, 6.07) is 4.84. The number of hydrogen-bond acceptors (Lipinski definition) is 4. The fraction of sp³-hybridized carbons (Fsp3) is 0.263. The van der Waals surface area contributed by atoms with Crippen LogP contribution >= 0.6 is 25.1 Å². The van der Waals surface area contributed by atoms with Gasteiger partial charge < -0.3 is 9.88 Å². The van der Waals surface area contributed by atoms with Crippen LogP contribution < -0.4 is 4.90 Å². The number of fused-ring (bicyclic) bond motifs is 1. The molecule has 1 aromatic carbocycles. The number of alkyl halides is 3. The number of imidazole rings is 1. The van der Waals surface area contributed by atoms with Crippen molar-refractivity contribution in [2.45, 2.75) is 26.6 Å². The zero-order valence-electron chi connectivity index (χ0n) is 15.3. The molecule has 164 valence electrons. The van der Waals surface area contributed by atoms with E-state index in [-0.39, 0.29) is 50.7 Å². The Morgan fingerprint density at radius 3 is 2.61 bits per heavy atom. The van der Waals surface area contributed by atoms with Gasteiger partial charge >= 0.3 is 6.18 Å². The van der Waals surface area contributed by atoms with Crippen LogP contribution in [-0.2, 0) is 6.18 Å². The third kappa shape index (κ3) is 4.13. The van der Waals surface area contributed by atoms with Crippen molar-refractivity contribution in [3.63, 3.8) is 0 Å². The molecule has 1 amide bonds. The van der Waals surface area contributed by atoms with Crippen LogP contribution in [0.4, 0.5) is 18.9 Å². The maximum atomic E-state index is 13.2. The van der Waals surface area contributed by atoms with E-state index in [0.717, 1.165) is 12.1 Å². The molecular weight excluding hydrogens is 453 g/mol. The number of H-pyrrole nitrogens is 1. The molecule has 0 unspecified atom stereocenters. The van der Waals surface area contributed by atoms with Crippen LogP contribution in [0.2, 0.25) is 5.02 Å². The molecule has 0 saturated carbocycles. The van der Waals surface area contributed by atoms with Gasteiger partial charge in [0.05, 0.1) is 40.3 Å². The minimum Gasteiger partial charge on any atom is -0.329 e. The Morgan fingerprint density at radius 2 is 2.03 bits per heavy atom. The molecule has 0 fully saturated rings. The van der Waals surface area contributed by atoms with E-state index < -0.39 is 22.7 Å². The monoisotopic (exact) mass is 470 g/mol. The molecular formula is C19H18ClF3N6OS. The lowest BCUT2D eigenvalue weighted by Gasteiger charge is -2.32. The minimum absolute atomic E-state index is 0. The lowest BCUT2D eigenvalue weighted by atomic mass is 10.1. The number of rotatable bonds is 2. The first-order valence-corrected chi connectivity index (χ1v) is 8.80. The molecule has 0 bridgehead atoms. The molecule has 0 saturated heterocycles. The topological polar surface area (TPSA) is 90.6 Å². The molecule has 4 rings (SSSR count). The summed E-state index contributed by atoms with van der Waals surface area (Å²) in [5.74, 6) is -0.359. The molecule has 0 aliphatic carbocycles. The molecule has 0 spiro atoms. The highest BCUT2D eigenvalue weighted by Crippen LogP contribution is 2.38. The predicted molar refractivity (Wildman–Crippen MR) is 114 cm³/mol. The summed E-state index contributed by atoms with van der Waals surface area (Å²) in [4.78, 5) is 21.2. The largest absolute Gasteiger partial charge is 0.417 e. The van der Waals surface area contributed by atoms with Crippen LogP contribution in [0.3, 0.4) is 0 Å². The van der Waals surface area contributed by atoms with Gasteiger partial charge in [0.25, 0.3) is 5.91 Å². The normalized spacial score (nSPS) is 15.5. The van der Waals surface area contributed by atoms with Gasteiger partial charge in [0, 0.05) is 12.2 Å². The molecule has 0 radical (unpaired) electrons. The Labute approximate surface area is 187 Å². The molecule has 3 aromatic rings. The Balaban J connectivity index is 0.00000171. The standard InChI is InChI=1S/C18H12ClF3N6O.CH4.H2S/c1-9-8-27(10-2-3-12(13(19)4-10)18(20,21)22)17(29)16-11(6-25-28(9)16)14-7-24-15(5-23)26-14;;/h2-4,6-7,9H,8H2,1H3,(H,24,26);1H4;1H2/t9-;;/m0../s1. The van der Waals surface area contributed by atoms with Crippen LogP contribution in [0.15, 0.2) is 30.6 Å². The van der Waals surface area contributed by atoms with Gasteiger partial charge in [-0.1, -0.05) is 19.0 Å². The Bertz CT molecular complexity index is 1170. The number of nitrogens with zero attached hydrogens (tertiary/aromatic N) is 5. The molecule has 1 N–H and O–H groups in total. The summed E-state index contributed by atoms with van der Waals surface area (Å²) in [7, 11) is 0. The first-order valence-electron chi connectivity index (χ1n) is 8.42. The van der Waals surface area contributed by atoms with Gasteiger partial charge in [0.15, 0.2) is 0 Å². The number of carbonyl (C=O) groups excluding carboxylic acids is 1. The molecule has 31 heavy (non-hydrogen) atoms. The minimum atomic E-state index is -4.58. The van der Waals surface area contributed by atoms with Gasteiger partial charge in [0.1, 0.15) is 11.8 Å². The summed E-state index contributed by atoms with van der Waals surface area (Å²) in [5, 5.41) is 12.7. The van der Waals surface area contributed by atoms with Crippen LogP contribution in [0.25, 0.3) is 11.3 Å². The number of nitrogens with one attached hydrogen (secondary N) is 1. The summed E-state index contributed by atoms with van der Waals surface area (Å²) < 4.78 is 40.5. The zero-order valence-corrected chi connectivity index (χ0v) is 17.1. The van der Waals surface area contributed by atoms with E-state index in [1.807, 2.05) is 13.0 Å². The molecule has 2 aromatic heterocycles. The number of anilines is 1. The SMILES string of the molecule is C.C[C@H]1CN(c2ccc(C(F)(F)F)c(Cl)c2)C(=O)c2c(-c3cnc(C#N)[nH]3)cnn21.S. The highest BCUT2D eigenvalue weighted by Gasteiger charge is 2.36. The lowest BCUT2D eigenvalue weighted by molar-refractivity contribution is -0.137. The average Bonchev–Trinajstić information content (AvgIpc) is 3.30. The van der Waals surface area contributed by atoms with E-state index in [4.69, 9.17) is 16.9 Å². The second-order valence-corrected chi connectivity index (χ2v) is 6.94. The lowest BCUT2D eigenvalue weighted by Crippen LogP contribution is -2.42. The van der Waals surface area contributed by atoms with Crippen molar-refractivity contribution in [3.05, 3.63) is 52.7 Å². The highest BCUT2D eigenvalue weighted by atomic mass is 35.5. The van der Waals surface area contributed by atoms with Crippen molar-refractivity contribution >= 4 is 36.7 Å². The fourth-order valence-corrected chi connectivity index (χ4v) is 3.58. The van der Waals surface area contributed by atoms with Gasteiger partial charge in [-0.25, -0.2) is 4.98 Å². The number of carbonyl (C=O) groups is 1. The summed E-state index contributed by atoms with van der Waals surface area (Å²) in [6.07, 6.45) is -1.68.